The average Bonchev–Trinajstić information content (AvgIpc) is 2.13. The summed E-state index contributed by atoms with van der Waals surface area (Å²) in [5.74, 6) is 3.72. The summed E-state index contributed by atoms with van der Waals surface area (Å²) in [5.41, 5.74) is 6.61. The van der Waals surface area contributed by atoms with Crippen LogP contribution in [0.2, 0.25) is 0 Å². The van der Waals surface area contributed by atoms with Crippen LogP contribution in [0, 0.1) is 29.1 Å². The Bertz CT molecular complexity index is 201. The van der Waals surface area contributed by atoms with Gasteiger partial charge in [-0.3, -0.25) is 0 Å². The fraction of sp³-hybridized carbons (Fsp3) is 1.00. The van der Waals surface area contributed by atoms with Crippen LogP contribution in [0.4, 0.5) is 0 Å². The third-order valence-corrected chi connectivity index (χ3v) is 5.18. The highest BCUT2D eigenvalue weighted by Crippen LogP contribution is 2.67. The van der Waals surface area contributed by atoms with Crippen molar-refractivity contribution in [2.45, 2.75) is 46.5 Å². The summed E-state index contributed by atoms with van der Waals surface area (Å²) < 4.78 is 0. The largest absolute Gasteiger partial charge is 0.330 e. The first-order chi connectivity index (χ1) is 6.64. The molecule has 2 aliphatic carbocycles. The molecule has 1 heteroatoms. The van der Waals surface area contributed by atoms with Gasteiger partial charge in [-0.15, -0.1) is 0 Å². The van der Waals surface area contributed by atoms with Crippen LogP contribution in [0.3, 0.4) is 0 Å². The molecule has 2 saturated carbocycles. The van der Waals surface area contributed by atoms with Crippen molar-refractivity contribution in [2.75, 3.05) is 6.54 Å². The number of nitrogens with two attached hydrogens (primary N) is 1. The second kappa shape index (κ2) is 3.52. The zero-order valence-corrected chi connectivity index (χ0v) is 9.92. The first-order valence-corrected chi connectivity index (χ1v) is 6.34. The maximum Gasteiger partial charge on any atom is -0.00461 e. The molecule has 2 rings (SSSR count). The molecule has 2 N–H and O–H groups in total. The lowest BCUT2D eigenvalue weighted by atomic mass is 9.40. The van der Waals surface area contributed by atoms with E-state index in [-0.39, 0.29) is 0 Å². The monoisotopic (exact) mass is 195 g/mol. The van der Waals surface area contributed by atoms with Crippen molar-refractivity contribution in [1.82, 2.24) is 0 Å². The fourth-order valence-electron chi connectivity index (χ4n) is 4.28. The van der Waals surface area contributed by atoms with Crippen molar-refractivity contribution in [3.05, 3.63) is 0 Å². The van der Waals surface area contributed by atoms with Crippen molar-refractivity contribution in [1.29, 1.82) is 0 Å². The van der Waals surface area contributed by atoms with E-state index in [0.717, 1.165) is 35.6 Å². The van der Waals surface area contributed by atoms with E-state index in [4.69, 9.17) is 5.73 Å². The minimum atomic E-state index is 0.736. The second-order valence-corrected chi connectivity index (χ2v) is 5.89. The maximum atomic E-state index is 5.87. The highest BCUT2D eigenvalue weighted by molar-refractivity contribution is 5.08. The van der Waals surface area contributed by atoms with Gasteiger partial charge in [0.05, 0.1) is 0 Å². The van der Waals surface area contributed by atoms with Crippen LogP contribution in [-0.2, 0) is 0 Å². The van der Waals surface area contributed by atoms with E-state index in [9.17, 15) is 0 Å². The van der Waals surface area contributed by atoms with Crippen molar-refractivity contribution >= 4 is 0 Å². The molecule has 3 unspecified atom stereocenters. The first-order valence-electron chi connectivity index (χ1n) is 6.34. The molecular weight excluding hydrogens is 170 g/mol. The predicted molar refractivity (Wildman–Crippen MR) is 60.9 cm³/mol. The summed E-state index contributed by atoms with van der Waals surface area (Å²) in [6.45, 7) is 8.06. The molecule has 0 amide bonds. The molecule has 0 aromatic heterocycles. The summed E-state index contributed by atoms with van der Waals surface area (Å²) in [5, 5.41) is 0. The molecule has 2 fully saturated rings. The van der Waals surface area contributed by atoms with Crippen LogP contribution in [-0.4, -0.2) is 6.54 Å². The standard InChI is InChI=1S/C13H25N/c1-4-11(8-14)12-5-10(3)13(12)6-9(2)7-13/h9-12H,4-8,14H2,1-3H3. The zero-order chi connectivity index (χ0) is 10.3. The normalized spacial score (nSPS) is 48.4. The Morgan fingerprint density at radius 3 is 2.36 bits per heavy atom. The quantitative estimate of drug-likeness (QED) is 0.736. The van der Waals surface area contributed by atoms with Gasteiger partial charge in [0, 0.05) is 0 Å². The van der Waals surface area contributed by atoms with E-state index < -0.39 is 0 Å². The molecule has 1 spiro atoms. The molecule has 0 aliphatic heterocycles. The van der Waals surface area contributed by atoms with Crippen molar-refractivity contribution in [3.8, 4) is 0 Å². The smallest absolute Gasteiger partial charge is 0.00461 e. The van der Waals surface area contributed by atoms with Gasteiger partial charge in [0.1, 0.15) is 0 Å². The SMILES string of the molecule is CCC(CN)C1CC(C)C12CC(C)C2. The summed E-state index contributed by atoms with van der Waals surface area (Å²) in [4.78, 5) is 0. The van der Waals surface area contributed by atoms with E-state index >= 15 is 0 Å². The third kappa shape index (κ3) is 1.25. The minimum Gasteiger partial charge on any atom is -0.330 e. The van der Waals surface area contributed by atoms with Crippen LogP contribution in [0.1, 0.15) is 46.5 Å². The van der Waals surface area contributed by atoms with Crippen LogP contribution < -0.4 is 5.73 Å². The highest BCUT2D eigenvalue weighted by Gasteiger charge is 2.59. The van der Waals surface area contributed by atoms with Gasteiger partial charge < -0.3 is 5.73 Å². The van der Waals surface area contributed by atoms with Gasteiger partial charge in [0.2, 0.25) is 0 Å². The minimum absolute atomic E-state index is 0.736. The Kier molecular flexibility index (Phi) is 2.63. The summed E-state index contributed by atoms with van der Waals surface area (Å²) in [7, 11) is 0. The van der Waals surface area contributed by atoms with E-state index in [1.807, 2.05) is 0 Å². The number of rotatable bonds is 3. The molecule has 0 aromatic rings. The third-order valence-electron chi connectivity index (χ3n) is 5.18. The average molecular weight is 195 g/mol. The Balaban J connectivity index is 2.01. The Morgan fingerprint density at radius 1 is 1.36 bits per heavy atom. The van der Waals surface area contributed by atoms with Gasteiger partial charge in [-0.1, -0.05) is 27.2 Å². The topological polar surface area (TPSA) is 26.0 Å². The van der Waals surface area contributed by atoms with Gasteiger partial charge in [0.15, 0.2) is 0 Å². The maximum absolute atomic E-state index is 5.87. The second-order valence-electron chi connectivity index (χ2n) is 5.89. The van der Waals surface area contributed by atoms with Gasteiger partial charge in [-0.2, -0.15) is 0 Å². The van der Waals surface area contributed by atoms with Gasteiger partial charge in [-0.05, 0) is 54.9 Å². The van der Waals surface area contributed by atoms with Crippen molar-refractivity contribution in [3.63, 3.8) is 0 Å². The molecule has 0 heterocycles. The molecular formula is C13H25N. The predicted octanol–water partition coefficient (Wildman–Crippen LogP) is 3.04. The Hall–Kier alpha value is -0.0400. The van der Waals surface area contributed by atoms with Crippen LogP contribution in [0.5, 0.6) is 0 Å². The zero-order valence-electron chi connectivity index (χ0n) is 9.92. The van der Waals surface area contributed by atoms with E-state index in [1.165, 1.54) is 25.7 Å². The lowest BCUT2D eigenvalue weighted by molar-refractivity contribution is -0.161. The molecule has 2 aliphatic rings. The van der Waals surface area contributed by atoms with E-state index in [1.54, 1.807) is 0 Å². The van der Waals surface area contributed by atoms with Crippen LogP contribution >= 0.6 is 0 Å². The molecule has 0 saturated heterocycles. The van der Waals surface area contributed by atoms with Crippen LogP contribution in [0.15, 0.2) is 0 Å². The number of hydrogen-bond donors (Lipinski definition) is 1. The fourth-order valence-corrected chi connectivity index (χ4v) is 4.28. The Morgan fingerprint density at radius 2 is 2.00 bits per heavy atom. The first kappa shape index (κ1) is 10.5. The summed E-state index contributed by atoms with van der Waals surface area (Å²) in [6, 6.07) is 0. The van der Waals surface area contributed by atoms with Crippen molar-refractivity contribution < 1.29 is 0 Å². The van der Waals surface area contributed by atoms with E-state index in [2.05, 4.69) is 20.8 Å². The molecule has 14 heavy (non-hydrogen) atoms. The number of hydrogen-bond acceptors (Lipinski definition) is 1. The molecule has 0 radical (unpaired) electrons. The van der Waals surface area contributed by atoms with Gasteiger partial charge >= 0.3 is 0 Å². The Labute approximate surface area is 88.4 Å². The lowest BCUT2D eigenvalue weighted by Crippen LogP contribution is -2.58. The lowest BCUT2D eigenvalue weighted by Gasteiger charge is -2.65. The van der Waals surface area contributed by atoms with E-state index in [0.29, 0.717) is 0 Å². The molecule has 1 nitrogen and oxygen atoms in total. The van der Waals surface area contributed by atoms with Crippen molar-refractivity contribution in [2.24, 2.45) is 34.8 Å². The summed E-state index contributed by atoms with van der Waals surface area (Å²) in [6.07, 6.45) is 5.69. The summed E-state index contributed by atoms with van der Waals surface area (Å²) >= 11 is 0. The molecule has 0 aromatic carbocycles. The van der Waals surface area contributed by atoms with Gasteiger partial charge in [0.25, 0.3) is 0 Å². The molecule has 3 atom stereocenters. The highest BCUT2D eigenvalue weighted by atomic mass is 14.7. The van der Waals surface area contributed by atoms with Crippen LogP contribution in [0.25, 0.3) is 0 Å². The molecule has 82 valence electrons. The van der Waals surface area contributed by atoms with Gasteiger partial charge in [-0.25, -0.2) is 0 Å². The molecule has 0 bridgehead atoms.